The number of fused-ring (bicyclic) bond motifs is 3. The fourth-order valence-corrected chi connectivity index (χ4v) is 4.20. The van der Waals surface area contributed by atoms with Crippen molar-refractivity contribution in [2.75, 3.05) is 0 Å². The van der Waals surface area contributed by atoms with Crippen LogP contribution in [0.25, 0.3) is 32.7 Å². The van der Waals surface area contributed by atoms with Gasteiger partial charge in [-0.3, -0.25) is 0 Å². The molecule has 0 amide bonds. The summed E-state index contributed by atoms with van der Waals surface area (Å²) in [6.07, 6.45) is 0. The highest BCUT2D eigenvalue weighted by atomic mass is 79.9. The molecule has 0 aliphatic rings. The summed E-state index contributed by atoms with van der Waals surface area (Å²) in [5, 5.41) is 5.15. The van der Waals surface area contributed by atoms with Crippen LogP contribution in [-0.2, 0) is 0 Å². The molecule has 0 saturated heterocycles. The van der Waals surface area contributed by atoms with Crippen LogP contribution in [-0.4, -0.2) is 0 Å². The zero-order chi connectivity index (χ0) is 15.1. The molecule has 0 bridgehead atoms. The van der Waals surface area contributed by atoms with Gasteiger partial charge in [-0.15, -0.1) is 0 Å². The molecule has 0 nitrogen and oxygen atoms in total. The minimum Gasteiger partial charge on any atom is -0.0616 e. The monoisotopic (exact) mass is 410 g/mol. The van der Waals surface area contributed by atoms with E-state index in [0.29, 0.717) is 0 Å². The normalized spacial score (nSPS) is 11.2. The van der Waals surface area contributed by atoms with E-state index in [-0.39, 0.29) is 0 Å². The maximum absolute atomic E-state index is 3.57. The third-order valence-corrected chi connectivity index (χ3v) is 4.86. The third kappa shape index (κ3) is 2.47. The topological polar surface area (TPSA) is 0 Å². The van der Waals surface area contributed by atoms with E-state index in [0.717, 1.165) is 8.95 Å². The van der Waals surface area contributed by atoms with E-state index in [9.17, 15) is 0 Å². The lowest BCUT2D eigenvalue weighted by Crippen LogP contribution is -1.82. The zero-order valence-electron chi connectivity index (χ0n) is 11.7. The maximum Gasteiger partial charge on any atom is 0.0192 e. The lowest BCUT2D eigenvalue weighted by atomic mass is 9.97. The first-order valence-corrected chi connectivity index (χ1v) is 8.67. The van der Waals surface area contributed by atoms with Gasteiger partial charge in [0.15, 0.2) is 0 Å². The van der Waals surface area contributed by atoms with Gasteiger partial charge < -0.3 is 0 Å². The van der Waals surface area contributed by atoms with Gasteiger partial charge in [-0.2, -0.15) is 0 Å². The first-order valence-electron chi connectivity index (χ1n) is 7.09. The highest BCUT2D eigenvalue weighted by molar-refractivity contribution is 9.11. The van der Waals surface area contributed by atoms with E-state index in [2.05, 4.69) is 105 Å². The van der Waals surface area contributed by atoms with Crippen molar-refractivity contribution in [2.45, 2.75) is 0 Å². The Morgan fingerprint density at radius 2 is 1.14 bits per heavy atom. The summed E-state index contributed by atoms with van der Waals surface area (Å²) in [6, 6.07) is 25.9. The van der Waals surface area contributed by atoms with Crippen LogP contribution in [0.1, 0.15) is 0 Å². The van der Waals surface area contributed by atoms with Crippen molar-refractivity contribution in [3.8, 4) is 11.1 Å². The summed E-state index contributed by atoms with van der Waals surface area (Å²) in [5.74, 6) is 0. The van der Waals surface area contributed by atoms with Crippen molar-refractivity contribution in [3.05, 3.63) is 81.7 Å². The first-order chi connectivity index (χ1) is 10.7. The highest BCUT2D eigenvalue weighted by Gasteiger charge is 2.05. The van der Waals surface area contributed by atoms with Crippen LogP contribution >= 0.6 is 31.9 Å². The summed E-state index contributed by atoms with van der Waals surface area (Å²) < 4.78 is 2.16. The molecule has 0 unspecified atom stereocenters. The van der Waals surface area contributed by atoms with Crippen LogP contribution in [0.4, 0.5) is 0 Å². The van der Waals surface area contributed by atoms with Crippen molar-refractivity contribution in [1.29, 1.82) is 0 Å². The lowest BCUT2D eigenvalue weighted by Gasteiger charge is -2.08. The fourth-order valence-electron chi connectivity index (χ4n) is 2.90. The van der Waals surface area contributed by atoms with Gasteiger partial charge in [-0.1, -0.05) is 80.4 Å². The number of rotatable bonds is 1. The molecule has 0 saturated carbocycles. The van der Waals surface area contributed by atoms with Gasteiger partial charge in [-0.25, -0.2) is 0 Å². The molecule has 0 N–H and O–H groups in total. The Labute approximate surface area is 146 Å². The predicted molar refractivity (Wildman–Crippen MR) is 102 cm³/mol. The Kier molecular flexibility index (Phi) is 3.51. The van der Waals surface area contributed by atoms with Gasteiger partial charge in [0, 0.05) is 8.95 Å². The molecule has 0 fully saturated rings. The molecule has 106 valence electrons. The van der Waals surface area contributed by atoms with E-state index in [4.69, 9.17) is 0 Å². The van der Waals surface area contributed by atoms with Gasteiger partial charge >= 0.3 is 0 Å². The molecule has 0 heterocycles. The quantitative estimate of drug-likeness (QED) is 0.291. The van der Waals surface area contributed by atoms with Crippen LogP contribution < -0.4 is 0 Å². The number of halogens is 2. The van der Waals surface area contributed by atoms with Crippen LogP contribution in [0.2, 0.25) is 0 Å². The molecule has 22 heavy (non-hydrogen) atoms. The highest BCUT2D eigenvalue weighted by Crippen LogP contribution is 2.32. The second kappa shape index (κ2) is 5.53. The van der Waals surface area contributed by atoms with Crippen molar-refractivity contribution in [1.82, 2.24) is 0 Å². The fraction of sp³-hybridized carbons (Fsp3) is 0. The van der Waals surface area contributed by atoms with Crippen LogP contribution in [0, 0.1) is 0 Å². The molecular weight excluding hydrogens is 400 g/mol. The summed E-state index contributed by atoms with van der Waals surface area (Å²) in [7, 11) is 0. The van der Waals surface area contributed by atoms with Gasteiger partial charge in [0.2, 0.25) is 0 Å². The van der Waals surface area contributed by atoms with Gasteiger partial charge in [0.05, 0.1) is 0 Å². The molecule has 0 aliphatic heterocycles. The lowest BCUT2D eigenvalue weighted by molar-refractivity contribution is 1.57. The average molecular weight is 412 g/mol. The molecule has 2 heteroatoms. The second-order valence-electron chi connectivity index (χ2n) is 5.38. The third-order valence-electron chi connectivity index (χ3n) is 3.94. The van der Waals surface area contributed by atoms with Crippen molar-refractivity contribution in [3.63, 3.8) is 0 Å². The molecular formula is C20H12Br2. The van der Waals surface area contributed by atoms with E-state index in [1.165, 1.54) is 32.7 Å². The molecule has 4 aromatic rings. The van der Waals surface area contributed by atoms with Crippen molar-refractivity contribution in [2.24, 2.45) is 0 Å². The average Bonchev–Trinajstić information content (AvgIpc) is 2.53. The van der Waals surface area contributed by atoms with E-state index in [1.54, 1.807) is 0 Å². The van der Waals surface area contributed by atoms with E-state index < -0.39 is 0 Å². The maximum atomic E-state index is 3.57. The largest absolute Gasteiger partial charge is 0.0616 e. The molecule has 4 rings (SSSR count). The minimum absolute atomic E-state index is 1.08. The molecule has 0 aliphatic carbocycles. The molecule has 4 aromatic carbocycles. The van der Waals surface area contributed by atoms with Crippen LogP contribution in [0.15, 0.2) is 81.7 Å². The summed E-state index contributed by atoms with van der Waals surface area (Å²) >= 11 is 7.14. The van der Waals surface area contributed by atoms with Crippen molar-refractivity contribution >= 4 is 53.4 Å². The second-order valence-corrected chi connectivity index (χ2v) is 7.21. The van der Waals surface area contributed by atoms with Crippen LogP contribution in [0.5, 0.6) is 0 Å². The minimum atomic E-state index is 1.08. The first kappa shape index (κ1) is 14.0. The summed E-state index contributed by atoms with van der Waals surface area (Å²) in [6.45, 7) is 0. The molecule has 0 atom stereocenters. The number of benzene rings is 4. The zero-order valence-corrected chi connectivity index (χ0v) is 14.9. The standard InChI is InChI=1S/C20H12Br2/c21-17-9-16(10-18(22)12-17)15-8-7-14-6-5-13-3-1-2-4-19(13)20(14)11-15/h1-12H. The Bertz CT molecular complexity index is 983. The van der Waals surface area contributed by atoms with Gasteiger partial charge in [0.1, 0.15) is 0 Å². The SMILES string of the molecule is Brc1cc(Br)cc(-c2ccc3ccc4ccccc4c3c2)c1. The molecule has 0 aromatic heterocycles. The van der Waals surface area contributed by atoms with Gasteiger partial charge in [0.25, 0.3) is 0 Å². The smallest absolute Gasteiger partial charge is 0.0192 e. The predicted octanol–water partition coefficient (Wildman–Crippen LogP) is 7.19. The van der Waals surface area contributed by atoms with E-state index in [1.807, 2.05) is 0 Å². The Morgan fingerprint density at radius 1 is 0.500 bits per heavy atom. The van der Waals surface area contributed by atoms with Crippen LogP contribution in [0.3, 0.4) is 0 Å². The number of hydrogen-bond acceptors (Lipinski definition) is 0. The number of hydrogen-bond donors (Lipinski definition) is 0. The summed E-state index contributed by atoms with van der Waals surface area (Å²) in [5.41, 5.74) is 2.43. The van der Waals surface area contributed by atoms with Crippen molar-refractivity contribution < 1.29 is 0 Å². The summed E-state index contributed by atoms with van der Waals surface area (Å²) in [4.78, 5) is 0. The Balaban J connectivity index is 2.01. The van der Waals surface area contributed by atoms with Gasteiger partial charge in [-0.05, 0) is 56.9 Å². The Morgan fingerprint density at radius 3 is 1.91 bits per heavy atom. The molecule has 0 spiro atoms. The van der Waals surface area contributed by atoms with E-state index >= 15 is 0 Å². The Hall–Kier alpha value is -1.64. The molecule has 0 radical (unpaired) electrons.